The van der Waals surface area contributed by atoms with Crippen molar-refractivity contribution in [3.8, 4) is 0 Å². The first kappa shape index (κ1) is 12.5. The number of aliphatic hydroxyl groups is 1. The molecule has 1 unspecified atom stereocenters. The molecule has 1 aromatic rings. The molecule has 1 aliphatic rings. The molecule has 3 heteroatoms. The number of aliphatic hydroxyl groups excluding tert-OH is 1. The molecule has 0 aliphatic heterocycles. The lowest BCUT2D eigenvalue weighted by molar-refractivity contribution is 0.232. The Morgan fingerprint density at radius 1 is 1.41 bits per heavy atom. The van der Waals surface area contributed by atoms with E-state index in [0.717, 1.165) is 11.1 Å². The molecule has 2 rings (SSSR count). The lowest BCUT2D eigenvalue weighted by Gasteiger charge is -2.23. The molecular weight excluding hydrogens is 217 g/mol. The number of halogens is 1. The molecule has 0 bridgehead atoms. The highest BCUT2D eigenvalue weighted by molar-refractivity contribution is 5.29. The average molecular weight is 237 g/mol. The molecule has 2 nitrogen and oxygen atoms in total. The lowest BCUT2D eigenvalue weighted by atomic mass is 10.0. The molecule has 17 heavy (non-hydrogen) atoms. The number of hydrogen-bond donors (Lipinski definition) is 2. The van der Waals surface area contributed by atoms with E-state index in [4.69, 9.17) is 0 Å². The highest BCUT2D eigenvalue weighted by atomic mass is 19.1. The van der Waals surface area contributed by atoms with Crippen LogP contribution in [-0.4, -0.2) is 17.8 Å². The summed E-state index contributed by atoms with van der Waals surface area (Å²) < 4.78 is 13.0. The standard InChI is InChI=1S/C14H20FNO/c1-10-8-11(15)6-7-13(10)14(9-17)16-12-4-2-3-5-12/h6-8,12,14,16-17H,2-5,9H2,1H3. The normalized spacial score (nSPS) is 18.5. The summed E-state index contributed by atoms with van der Waals surface area (Å²) in [5, 5.41) is 12.9. The second-order valence-corrected chi connectivity index (χ2v) is 4.88. The van der Waals surface area contributed by atoms with Gasteiger partial charge in [-0.3, -0.25) is 0 Å². The third kappa shape index (κ3) is 3.05. The minimum absolute atomic E-state index is 0.0585. The molecule has 0 spiro atoms. The summed E-state index contributed by atoms with van der Waals surface area (Å²) in [7, 11) is 0. The van der Waals surface area contributed by atoms with Gasteiger partial charge in [0.05, 0.1) is 12.6 Å². The Morgan fingerprint density at radius 3 is 2.71 bits per heavy atom. The third-order valence-corrected chi connectivity index (χ3v) is 3.58. The van der Waals surface area contributed by atoms with E-state index in [-0.39, 0.29) is 18.5 Å². The van der Waals surface area contributed by atoms with E-state index in [9.17, 15) is 9.50 Å². The van der Waals surface area contributed by atoms with Crippen LogP contribution in [0.5, 0.6) is 0 Å². The summed E-state index contributed by atoms with van der Waals surface area (Å²) in [4.78, 5) is 0. The fraction of sp³-hybridized carbons (Fsp3) is 0.571. The van der Waals surface area contributed by atoms with Gasteiger partial charge in [-0.1, -0.05) is 18.9 Å². The van der Waals surface area contributed by atoms with Gasteiger partial charge in [-0.05, 0) is 43.0 Å². The van der Waals surface area contributed by atoms with Crippen LogP contribution in [0.25, 0.3) is 0 Å². The van der Waals surface area contributed by atoms with Crippen molar-refractivity contribution in [3.05, 3.63) is 35.1 Å². The smallest absolute Gasteiger partial charge is 0.123 e. The fourth-order valence-electron chi connectivity index (χ4n) is 2.65. The molecule has 1 fully saturated rings. The van der Waals surface area contributed by atoms with E-state index in [0.29, 0.717) is 6.04 Å². The van der Waals surface area contributed by atoms with Crippen LogP contribution >= 0.6 is 0 Å². The van der Waals surface area contributed by atoms with Gasteiger partial charge in [0.15, 0.2) is 0 Å². The minimum atomic E-state index is -0.219. The molecule has 1 saturated carbocycles. The Morgan fingerprint density at radius 2 is 2.12 bits per heavy atom. The quantitative estimate of drug-likeness (QED) is 0.844. The molecule has 1 aliphatic carbocycles. The van der Waals surface area contributed by atoms with Crippen molar-refractivity contribution in [2.24, 2.45) is 0 Å². The lowest BCUT2D eigenvalue weighted by Crippen LogP contribution is -2.33. The predicted octanol–water partition coefficient (Wildman–Crippen LogP) is 2.70. The van der Waals surface area contributed by atoms with Crippen molar-refractivity contribution < 1.29 is 9.50 Å². The van der Waals surface area contributed by atoms with E-state index in [1.165, 1.54) is 37.8 Å². The van der Waals surface area contributed by atoms with Gasteiger partial charge in [-0.2, -0.15) is 0 Å². The summed E-state index contributed by atoms with van der Waals surface area (Å²) >= 11 is 0. The zero-order valence-corrected chi connectivity index (χ0v) is 10.2. The number of nitrogens with one attached hydrogen (secondary N) is 1. The second-order valence-electron chi connectivity index (χ2n) is 4.88. The Hall–Kier alpha value is -0.930. The Balaban J connectivity index is 2.10. The molecule has 1 aromatic carbocycles. The van der Waals surface area contributed by atoms with Crippen molar-refractivity contribution in [2.45, 2.75) is 44.7 Å². The number of hydrogen-bond acceptors (Lipinski definition) is 2. The van der Waals surface area contributed by atoms with Gasteiger partial charge >= 0.3 is 0 Å². The predicted molar refractivity (Wildman–Crippen MR) is 66.4 cm³/mol. The Kier molecular flexibility index (Phi) is 4.13. The van der Waals surface area contributed by atoms with Crippen LogP contribution in [0, 0.1) is 12.7 Å². The van der Waals surface area contributed by atoms with Gasteiger partial charge in [-0.15, -0.1) is 0 Å². The van der Waals surface area contributed by atoms with Crippen LogP contribution in [0.3, 0.4) is 0 Å². The van der Waals surface area contributed by atoms with Crippen LogP contribution in [0.2, 0.25) is 0 Å². The van der Waals surface area contributed by atoms with E-state index in [1.807, 2.05) is 6.92 Å². The third-order valence-electron chi connectivity index (χ3n) is 3.58. The topological polar surface area (TPSA) is 32.3 Å². The first-order chi connectivity index (χ1) is 8.20. The number of aryl methyl sites for hydroxylation is 1. The summed E-state index contributed by atoms with van der Waals surface area (Å²) in [5.74, 6) is -0.219. The van der Waals surface area contributed by atoms with Gasteiger partial charge < -0.3 is 10.4 Å². The zero-order chi connectivity index (χ0) is 12.3. The first-order valence-corrected chi connectivity index (χ1v) is 6.33. The van der Waals surface area contributed by atoms with Crippen LogP contribution in [0.4, 0.5) is 4.39 Å². The number of benzene rings is 1. The monoisotopic (exact) mass is 237 g/mol. The Labute approximate surface area is 102 Å². The van der Waals surface area contributed by atoms with E-state index in [2.05, 4.69) is 5.32 Å². The first-order valence-electron chi connectivity index (χ1n) is 6.33. The van der Waals surface area contributed by atoms with Crippen LogP contribution in [0.15, 0.2) is 18.2 Å². The summed E-state index contributed by atoms with van der Waals surface area (Å²) in [5.41, 5.74) is 1.90. The van der Waals surface area contributed by atoms with Crippen molar-refractivity contribution in [1.82, 2.24) is 5.32 Å². The molecule has 2 N–H and O–H groups in total. The molecule has 1 atom stereocenters. The van der Waals surface area contributed by atoms with Crippen LogP contribution in [0.1, 0.15) is 42.9 Å². The maximum Gasteiger partial charge on any atom is 0.123 e. The molecule has 0 heterocycles. The van der Waals surface area contributed by atoms with Gasteiger partial charge in [0.1, 0.15) is 5.82 Å². The van der Waals surface area contributed by atoms with Gasteiger partial charge in [0.25, 0.3) is 0 Å². The van der Waals surface area contributed by atoms with Crippen molar-refractivity contribution in [1.29, 1.82) is 0 Å². The van der Waals surface area contributed by atoms with Gasteiger partial charge in [-0.25, -0.2) is 4.39 Å². The molecule has 0 amide bonds. The second kappa shape index (κ2) is 5.61. The SMILES string of the molecule is Cc1cc(F)ccc1C(CO)NC1CCCC1. The van der Waals surface area contributed by atoms with Crippen molar-refractivity contribution >= 4 is 0 Å². The highest BCUT2D eigenvalue weighted by Crippen LogP contribution is 2.24. The zero-order valence-electron chi connectivity index (χ0n) is 10.2. The summed E-state index contributed by atoms with van der Waals surface area (Å²) in [6, 6.07) is 5.18. The van der Waals surface area contributed by atoms with Gasteiger partial charge in [0.2, 0.25) is 0 Å². The largest absolute Gasteiger partial charge is 0.394 e. The molecule has 0 saturated heterocycles. The molecular formula is C14H20FNO. The minimum Gasteiger partial charge on any atom is -0.394 e. The van der Waals surface area contributed by atoms with Gasteiger partial charge in [0, 0.05) is 6.04 Å². The maximum atomic E-state index is 13.0. The van der Waals surface area contributed by atoms with Crippen molar-refractivity contribution in [3.63, 3.8) is 0 Å². The summed E-state index contributed by atoms with van der Waals surface area (Å²) in [6.07, 6.45) is 4.88. The summed E-state index contributed by atoms with van der Waals surface area (Å²) in [6.45, 7) is 1.94. The molecule has 0 radical (unpaired) electrons. The van der Waals surface area contributed by atoms with E-state index in [1.54, 1.807) is 6.07 Å². The molecule has 94 valence electrons. The van der Waals surface area contributed by atoms with Crippen LogP contribution < -0.4 is 5.32 Å². The highest BCUT2D eigenvalue weighted by Gasteiger charge is 2.20. The van der Waals surface area contributed by atoms with E-state index >= 15 is 0 Å². The number of rotatable bonds is 4. The average Bonchev–Trinajstić information content (AvgIpc) is 2.79. The Bertz CT molecular complexity index is 374. The maximum absolute atomic E-state index is 13.0. The van der Waals surface area contributed by atoms with Crippen LogP contribution in [-0.2, 0) is 0 Å². The fourth-order valence-corrected chi connectivity index (χ4v) is 2.65. The van der Waals surface area contributed by atoms with Crippen molar-refractivity contribution in [2.75, 3.05) is 6.61 Å². The van der Waals surface area contributed by atoms with E-state index < -0.39 is 0 Å². The molecule has 0 aromatic heterocycles.